The normalized spacial score (nSPS) is 11.8. The molecule has 0 aliphatic rings. The van der Waals surface area contributed by atoms with Crippen molar-refractivity contribution in [1.82, 2.24) is 4.72 Å². The molecule has 0 saturated carbocycles. The summed E-state index contributed by atoms with van der Waals surface area (Å²) >= 11 is 18.5. The highest BCUT2D eigenvalue weighted by Crippen LogP contribution is 2.34. The number of aryl methyl sites for hydroxylation is 1. The fraction of sp³-hybridized carbons (Fsp3) is 0.167. The number of rotatable bonds is 4. The smallest absolute Gasteiger partial charge is 0.207 e. The fourth-order valence-electron chi connectivity index (χ4n) is 1.62. The highest BCUT2D eigenvalue weighted by atomic mass is 35.5. The third-order valence-electron chi connectivity index (χ3n) is 2.67. The Kier molecular flexibility index (Phi) is 5.00. The molecule has 0 atom stereocenters. The summed E-state index contributed by atoms with van der Waals surface area (Å²) in [6.45, 7) is 2.03. The highest BCUT2D eigenvalue weighted by Gasteiger charge is 2.20. The molecule has 108 valence electrons. The molecular formula is C12H10Cl3NO2S2. The Hall–Kier alpha value is -0.300. The molecule has 0 saturated heterocycles. The zero-order valence-corrected chi connectivity index (χ0v) is 14.2. The van der Waals surface area contributed by atoms with Crippen molar-refractivity contribution in [3.8, 4) is 0 Å². The molecule has 0 fully saturated rings. The Balaban J connectivity index is 2.19. The summed E-state index contributed by atoms with van der Waals surface area (Å²) in [5.74, 6) is 0. The lowest BCUT2D eigenvalue weighted by Crippen LogP contribution is -2.23. The number of halogens is 3. The average Bonchev–Trinajstić information content (AvgIpc) is 2.68. The van der Waals surface area contributed by atoms with Gasteiger partial charge in [0, 0.05) is 11.6 Å². The summed E-state index contributed by atoms with van der Waals surface area (Å²) in [5, 5.41) is 0.613. The largest absolute Gasteiger partial charge is 0.243 e. The summed E-state index contributed by atoms with van der Waals surface area (Å²) in [4.78, 5) is 0.000725. The first-order valence-corrected chi connectivity index (χ1v) is 8.92. The van der Waals surface area contributed by atoms with Gasteiger partial charge in [0.1, 0.15) is 9.23 Å². The topological polar surface area (TPSA) is 46.2 Å². The van der Waals surface area contributed by atoms with E-state index in [1.54, 1.807) is 18.2 Å². The van der Waals surface area contributed by atoms with Gasteiger partial charge in [-0.3, -0.25) is 0 Å². The molecule has 0 aliphatic carbocycles. The Labute approximate surface area is 136 Å². The lowest BCUT2D eigenvalue weighted by Gasteiger charge is -2.08. The van der Waals surface area contributed by atoms with E-state index in [1.807, 2.05) is 6.92 Å². The molecule has 3 nitrogen and oxygen atoms in total. The van der Waals surface area contributed by atoms with Crippen LogP contribution in [0.2, 0.25) is 13.7 Å². The van der Waals surface area contributed by atoms with Crippen LogP contribution in [0.1, 0.15) is 11.1 Å². The predicted molar refractivity (Wildman–Crippen MR) is 84.6 cm³/mol. The van der Waals surface area contributed by atoms with Gasteiger partial charge in [0.05, 0.1) is 4.34 Å². The van der Waals surface area contributed by atoms with E-state index in [9.17, 15) is 8.42 Å². The van der Waals surface area contributed by atoms with Gasteiger partial charge >= 0.3 is 0 Å². The van der Waals surface area contributed by atoms with Crippen molar-refractivity contribution in [1.29, 1.82) is 0 Å². The monoisotopic (exact) mass is 369 g/mol. The molecule has 0 spiro atoms. The van der Waals surface area contributed by atoms with E-state index in [1.165, 1.54) is 6.07 Å². The maximum absolute atomic E-state index is 12.1. The quantitative estimate of drug-likeness (QED) is 0.861. The van der Waals surface area contributed by atoms with Crippen LogP contribution in [0.4, 0.5) is 0 Å². The molecule has 1 aromatic heterocycles. The maximum Gasteiger partial charge on any atom is 0.243 e. The van der Waals surface area contributed by atoms with Crippen molar-refractivity contribution in [3.63, 3.8) is 0 Å². The maximum atomic E-state index is 12.1. The Morgan fingerprint density at radius 1 is 1.20 bits per heavy atom. The number of benzene rings is 1. The zero-order chi connectivity index (χ0) is 14.9. The predicted octanol–water partition coefficient (Wildman–Crippen LogP) is 4.50. The van der Waals surface area contributed by atoms with Crippen LogP contribution in [0.15, 0.2) is 29.2 Å². The van der Waals surface area contributed by atoms with Crippen LogP contribution in [-0.2, 0) is 16.6 Å². The number of nitrogens with one attached hydrogen (secondary N) is 1. The van der Waals surface area contributed by atoms with E-state index >= 15 is 0 Å². The van der Waals surface area contributed by atoms with Crippen molar-refractivity contribution in [2.45, 2.75) is 18.4 Å². The van der Waals surface area contributed by atoms with Gasteiger partial charge < -0.3 is 0 Å². The SMILES string of the molecule is Cc1cc(Cl)ccc1CNS(=O)(=O)c1cc(Cl)sc1Cl. The van der Waals surface area contributed by atoms with Gasteiger partial charge in [-0.2, -0.15) is 0 Å². The summed E-state index contributed by atoms with van der Waals surface area (Å²) in [5.41, 5.74) is 1.75. The van der Waals surface area contributed by atoms with Gasteiger partial charge in [0.15, 0.2) is 0 Å². The Morgan fingerprint density at radius 3 is 2.45 bits per heavy atom. The average molecular weight is 371 g/mol. The fourth-order valence-corrected chi connectivity index (χ4v) is 5.00. The van der Waals surface area contributed by atoms with Crippen molar-refractivity contribution in [2.24, 2.45) is 0 Å². The van der Waals surface area contributed by atoms with Crippen LogP contribution in [0.25, 0.3) is 0 Å². The zero-order valence-electron chi connectivity index (χ0n) is 10.3. The summed E-state index contributed by atoms with van der Waals surface area (Å²) in [6, 6.07) is 6.61. The highest BCUT2D eigenvalue weighted by molar-refractivity contribution is 7.89. The molecule has 0 amide bonds. The van der Waals surface area contributed by atoms with Crippen molar-refractivity contribution in [2.75, 3.05) is 0 Å². The Bertz CT molecular complexity index is 741. The summed E-state index contributed by atoms with van der Waals surface area (Å²) < 4.78 is 27.3. The van der Waals surface area contributed by atoms with Crippen LogP contribution >= 0.6 is 46.1 Å². The number of hydrogen-bond acceptors (Lipinski definition) is 3. The number of sulfonamides is 1. The van der Waals surface area contributed by atoms with Gasteiger partial charge in [-0.25, -0.2) is 13.1 Å². The number of thiophene rings is 1. The number of hydrogen-bond donors (Lipinski definition) is 1. The minimum atomic E-state index is -3.68. The van der Waals surface area contributed by atoms with Crippen LogP contribution in [0, 0.1) is 6.92 Å². The summed E-state index contributed by atoms with van der Waals surface area (Å²) in [7, 11) is -3.68. The van der Waals surface area contributed by atoms with Crippen molar-refractivity contribution >= 4 is 56.2 Å². The molecule has 1 heterocycles. The molecular weight excluding hydrogens is 361 g/mol. The van der Waals surface area contributed by atoms with Crippen molar-refractivity contribution < 1.29 is 8.42 Å². The summed E-state index contributed by atoms with van der Waals surface area (Å²) in [6.07, 6.45) is 0. The lowest BCUT2D eigenvalue weighted by atomic mass is 10.1. The molecule has 0 unspecified atom stereocenters. The van der Waals surface area contributed by atoms with E-state index in [0.717, 1.165) is 22.5 Å². The van der Waals surface area contributed by atoms with Gasteiger partial charge in [-0.1, -0.05) is 40.9 Å². The van der Waals surface area contributed by atoms with Crippen LogP contribution < -0.4 is 4.72 Å². The van der Waals surface area contributed by atoms with E-state index < -0.39 is 10.0 Å². The first kappa shape index (κ1) is 16.1. The molecule has 20 heavy (non-hydrogen) atoms. The second-order valence-corrected chi connectivity index (χ2v) is 8.54. The van der Waals surface area contributed by atoms with E-state index in [0.29, 0.717) is 9.36 Å². The molecule has 0 radical (unpaired) electrons. The Morgan fingerprint density at radius 2 is 1.90 bits per heavy atom. The van der Waals surface area contributed by atoms with E-state index in [-0.39, 0.29) is 15.8 Å². The molecule has 0 aliphatic heterocycles. The van der Waals surface area contributed by atoms with Crippen LogP contribution in [0.3, 0.4) is 0 Å². The van der Waals surface area contributed by atoms with Gasteiger partial charge in [0.2, 0.25) is 10.0 Å². The second-order valence-electron chi connectivity index (χ2n) is 4.08. The van der Waals surface area contributed by atoms with Gasteiger partial charge in [-0.05, 0) is 36.2 Å². The molecule has 2 rings (SSSR count). The van der Waals surface area contributed by atoms with E-state index in [4.69, 9.17) is 34.8 Å². The van der Waals surface area contributed by atoms with Crippen molar-refractivity contribution in [3.05, 3.63) is 49.1 Å². The first-order valence-electron chi connectivity index (χ1n) is 5.49. The third kappa shape index (κ3) is 3.67. The lowest BCUT2D eigenvalue weighted by molar-refractivity contribution is 0.581. The minimum Gasteiger partial charge on any atom is -0.207 e. The minimum absolute atomic E-state index is 0.000725. The first-order chi connectivity index (χ1) is 9.29. The third-order valence-corrected chi connectivity index (χ3v) is 6.06. The van der Waals surface area contributed by atoms with E-state index in [2.05, 4.69) is 4.72 Å². The molecule has 2 aromatic rings. The second kappa shape index (κ2) is 6.22. The molecule has 1 aromatic carbocycles. The van der Waals surface area contributed by atoms with Crippen LogP contribution in [-0.4, -0.2) is 8.42 Å². The van der Waals surface area contributed by atoms with Gasteiger partial charge in [-0.15, -0.1) is 11.3 Å². The standard InChI is InChI=1S/C12H10Cl3NO2S2/c1-7-4-9(13)3-2-8(7)6-16-20(17,18)10-5-11(14)19-12(10)15/h2-5,16H,6H2,1H3. The molecule has 0 bridgehead atoms. The van der Waals surface area contributed by atoms with Gasteiger partial charge in [0.25, 0.3) is 0 Å². The van der Waals surface area contributed by atoms with Crippen LogP contribution in [0.5, 0.6) is 0 Å². The molecule has 8 heteroatoms. The molecule has 1 N–H and O–H groups in total.